The molecule has 0 saturated carbocycles. The van der Waals surface area contributed by atoms with Crippen LogP contribution in [0.25, 0.3) is 5.69 Å². The maximum atomic E-state index is 12.1. The number of hydrogen-bond acceptors (Lipinski definition) is 3. The average molecular weight is 343 g/mol. The largest absolute Gasteiger partial charge is 0.481 e. The summed E-state index contributed by atoms with van der Waals surface area (Å²) in [7, 11) is 0. The third-order valence-electron chi connectivity index (χ3n) is 3.82. The van der Waals surface area contributed by atoms with Gasteiger partial charge < -0.3 is 10.4 Å². The van der Waals surface area contributed by atoms with E-state index in [2.05, 4.69) is 31.2 Å². The fourth-order valence-electron chi connectivity index (χ4n) is 2.32. The molecular formula is C19H25N3O3. The van der Waals surface area contributed by atoms with Crippen molar-refractivity contribution < 1.29 is 14.7 Å². The normalized spacial score (nSPS) is 11.4. The summed E-state index contributed by atoms with van der Waals surface area (Å²) < 4.78 is 1.72. The van der Waals surface area contributed by atoms with Crippen LogP contribution in [0.3, 0.4) is 0 Å². The summed E-state index contributed by atoms with van der Waals surface area (Å²) in [6, 6.07) is 9.76. The van der Waals surface area contributed by atoms with Crippen LogP contribution in [-0.4, -0.2) is 26.8 Å². The van der Waals surface area contributed by atoms with Gasteiger partial charge in [-0.25, -0.2) is 4.68 Å². The summed E-state index contributed by atoms with van der Waals surface area (Å²) in [4.78, 5) is 22.7. The van der Waals surface area contributed by atoms with Crippen LogP contribution in [0.4, 0.5) is 5.82 Å². The van der Waals surface area contributed by atoms with Crippen molar-refractivity contribution in [3.05, 3.63) is 41.6 Å². The molecule has 1 heterocycles. The van der Waals surface area contributed by atoms with E-state index in [9.17, 15) is 9.59 Å². The molecule has 0 aliphatic carbocycles. The number of nitrogens with zero attached hydrogens (tertiary/aromatic N) is 2. The number of aliphatic carboxylic acids is 1. The number of rotatable bonds is 6. The second kappa shape index (κ2) is 7.51. The van der Waals surface area contributed by atoms with E-state index in [-0.39, 0.29) is 24.2 Å². The van der Waals surface area contributed by atoms with Crippen LogP contribution in [0.1, 0.15) is 51.3 Å². The molecule has 0 aliphatic heterocycles. The number of benzene rings is 1. The number of aromatic nitrogens is 2. The van der Waals surface area contributed by atoms with Crippen LogP contribution in [0.15, 0.2) is 30.3 Å². The van der Waals surface area contributed by atoms with E-state index in [0.29, 0.717) is 12.2 Å². The molecule has 134 valence electrons. The van der Waals surface area contributed by atoms with Crippen LogP contribution in [0, 0.1) is 6.92 Å². The van der Waals surface area contributed by atoms with Crippen LogP contribution in [0.5, 0.6) is 0 Å². The van der Waals surface area contributed by atoms with Gasteiger partial charge in [0, 0.05) is 24.3 Å². The highest BCUT2D eigenvalue weighted by atomic mass is 16.4. The molecule has 6 heteroatoms. The number of carbonyl (C=O) groups is 2. The summed E-state index contributed by atoms with van der Waals surface area (Å²) in [5.74, 6) is -0.517. The molecule has 1 amide bonds. The van der Waals surface area contributed by atoms with Gasteiger partial charge in [-0.05, 0) is 25.5 Å². The molecule has 2 rings (SSSR count). The van der Waals surface area contributed by atoms with Crippen LogP contribution in [-0.2, 0) is 15.0 Å². The van der Waals surface area contributed by atoms with Crippen molar-refractivity contribution >= 4 is 17.7 Å². The molecule has 0 radical (unpaired) electrons. The maximum Gasteiger partial charge on any atom is 0.303 e. The van der Waals surface area contributed by atoms with Gasteiger partial charge in [0.25, 0.3) is 0 Å². The molecule has 0 atom stereocenters. The zero-order chi connectivity index (χ0) is 18.6. The topological polar surface area (TPSA) is 84.2 Å². The first-order valence-corrected chi connectivity index (χ1v) is 8.36. The zero-order valence-electron chi connectivity index (χ0n) is 15.2. The first-order chi connectivity index (χ1) is 11.7. The molecule has 25 heavy (non-hydrogen) atoms. The molecule has 0 fully saturated rings. The summed E-state index contributed by atoms with van der Waals surface area (Å²) >= 11 is 0. The number of aryl methyl sites for hydroxylation is 1. The quantitative estimate of drug-likeness (QED) is 0.838. The molecule has 0 unspecified atom stereocenters. The second-order valence-corrected chi connectivity index (χ2v) is 7.21. The van der Waals surface area contributed by atoms with Gasteiger partial charge in [0.05, 0.1) is 11.4 Å². The SMILES string of the molecule is Cc1ccc(-n2nc(C(C)(C)C)cc2NC(=O)CCCC(=O)O)cc1. The van der Waals surface area contributed by atoms with Crippen molar-refractivity contribution in [3.63, 3.8) is 0 Å². The number of carboxylic acid groups (broad SMARTS) is 1. The van der Waals surface area contributed by atoms with Crippen molar-refractivity contribution in [3.8, 4) is 5.69 Å². The molecule has 6 nitrogen and oxygen atoms in total. The molecular weight excluding hydrogens is 318 g/mol. The second-order valence-electron chi connectivity index (χ2n) is 7.21. The van der Waals surface area contributed by atoms with Gasteiger partial charge in [-0.2, -0.15) is 5.10 Å². The Balaban J connectivity index is 2.26. The van der Waals surface area contributed by atoms with Crippen molar-refractivity contribution in [2.75, 3.05) is 5.32 Å². The highest BCUT2D eigenvalue weighted by Crippen LogP contribution is 2.26. The Morgan fingerprint density at radius 3 is 2.36 bits per heavy atom. The fourth-order valence-corrected chi connectivity index (χ4v) is 2.32. The predicted octanol–water partition coefficient (Wildman–Crippen LogP) is 3.67. The Hall–Kier alpha value is -2.63. The summed E-state index contributed by atoms with van der Waals surface area (Å²) in [6.07, 6.45) is 0.458. The van der Waals surface area contributed by atoms with Gasteiger partial charge in [-0.15, -0.1) is 0 Å². The number of hydrogen-bond donors (Lipinski definition) is 2. The van der Waals surface area contributed by atoms with Gasteiger partial charge >= 0.3 is 5.97 Å². The van der Waals surface area contributed by atoms with E-state index in [1.165, 1.54) is 0 Å². The van der Waals surface area contributed by atoms with E-state index in [1.54, 1.807) is 4.68 Å². The number of amides is 1. The lowest BCUT2D eigenvalue weighted by molar-refractivity contribution is -0.137. The van der Waals surface area contributed by atoms with E-state index in [0.717, 1.165) is 16.9 Å². The minimum Gasteiger partial charge on any atom is -0.481 e. The van der Waals surface area contributed by atoms with Crippen LogP contribution >= 0.6 is 0 Å². The Labute approximate surface area is 147 Å². The lowest BCUT2D eigenvalue weighted by Gasteiger charge is -2.14. The number of nitrogens with one attached hydrogen (secondary N) is 1. The van der Waals surface area contributed by atoms with Crippen LogP contribution in [0.2, 0.25) is 0 Å². The maximum absolute atomic E-state index is 12.1. The third kappa shape index (κ3) is 5.17. The van der Waals surface area contributed by atoms with Gasteiger partial charge in [-0.3, -0.25) is 9.59 Å². The molecule has 0 saturated heterocycles. The first-order valence-electron chi connectivity index (χ1n) is 8.36. The van der Waals surface area contributed by atoms with Crippen molar-refractivity contribution in [2.24, 2.45) is 0 Å². The number of carbonyl (C=O) groups excluding carboxylic acids is 1. The lowest BCUT2D eigenvalue weighted by Crippen LogP contribution is -2.15. The van der Waals surface area contributed by atoms with E-state index in [1.807, 2.05) is 37.3 Å². The van der Waals surface area contributed by atoms with Gasteiger partial charge in [0.1, 0.15) is 5.82 Å². The van der Waals surface area contributed by atoms with Gasteiger partial charge in [0.15, 0.2) is 0 Å². The van der Waals surface area contributed by atoms with E-state index >= 15 is 0 Å². The van der Waals surface area contributed by atoms with Gasteiger partial charge in [-0.1, -0.05) is 38.5 Å². The predicted molar refractivity (Wildman–Crippen MR) is 97.1 cm³/mol. The molecule has 2 aromatic rings. The molecule has 0 bridgehead atoms. The highest BCUT2D eigenvalue weighted by Gasteiger charge is 2.21. The standard InChI is InChI=1S/C19H25N3O3/c1-13-8-10-14(11-9-13)22-16(12-15(21-22)19(2,3)4)20-17(23)6-5-7-18(24)25/h8-12H,5-7H2,1-4H3,(H,20,23)(H,24,25). The van der Waals surface area contributed by atoms with E-state index in [4.69, 9.17) is 5.11 Å². The average Bonchev–Trinajstić information content (AvgIpc) is 2.91. The lowest BCUT2D eigenvalue weighted by atomic mass is 9.92. The fraction of sp³-hybridized carbons (Fsp3) is 0.421. The smallest absolute Gasteiger partial charge is 0.303 e. The Morgan fingerprint density at radius 1 is 1.16 bits per heavy atom. The van der Waals surface area contributed by atoms with Crippen molar-refractivity contribution in [2.45, 2.75) is 52.4 Å². The van der Waals surface area contributed by atoms with Crippen molar-refractivity contribution in [1.29, 1.82) is 0 Å². The van der Waals surface area contributed by atoms with E-state index < -0.39 is 5.97 Å². The molecule has 0 spiro atoms. The highest BCUT2D eigenvalue weighted by molar-refractivity contribution is 5.90. The number of carboxylic acids is 1. The van der Waals surface area contributed by atoms with Crippen LogP contribution < -0.4 is 5.32 Å². The van der Waals surface area contributed by atoms with Crippen molar-refractivity contribution in [1.82, 2.24) is 9.78 Å². The minimum atomic E-state index is -0.896. The Bertz CT molecular complexity index is 755. The molecule has 2 N–H and O–H groups in total. The Kier molecular flexibility index (Phi) is 5.62. The van der Waals surface area contributed by atoms with Gasteiger partial charge in [0.2, 0.25) is 5.91 Å². The summed E-state index contributed by atoms with van der Waals surface area (Å²) in [6.45, 7) is 8.20. The molecule has 0 aliphatic rings. The Morgan fingerprint density at radius 2 is 1.80 bits per heavy atom. The molecule has 1 aromatic heterocycles. The zero-order valence-corrected chi connectivity index (χ0v) is 15.2. The third-order valence-corrected chi connectivity index (χ3v) is 3.82. The minimum absolute atomic E-state index is 0.0160. The summed E-state index contributed by atoms with van der Waals surface area (Å²) in [5, 5.41) is 16.2. The monoisotopic (exact) mass is 343 g/mol. The summed E-state index contributed by atoms with van der Waals surface area (Å²) in [5.41, 5.74) is 2.72. The number of anilines is 1. The first kappa shape index (κ1) is 18.7. The molecule has 1 aromatic carbocycles.